The molecule has 0 unspecified atom stereocenters. The van der Waals surface area contributed by atoms with Crippen LogP contribution in [0.4, 0.5) is 0 Å². The summed E-state index contributed by atoms with van der Waals surface area (Å²) in [6, 6.07) is 9.82. The molecular weight excluding hydrogens is 140 g/mol. The highest BCUT2D eigenvalue weighted by Crippen LogP contribution is 2.01. The van der Waals surface area contributed by atoms with E-state index in [9.17, 15) is 0 Å². The van der Waals surface area contributed by atoms with Gasteiger partial charge in [0.15, 0.2) is 0 Å². The van der Waals surface area contributed by atoms with Gasteiger partial charge >= 0.3 is 0 Å². The predicted molar refractivity (Wildman–Crippen MR) is 42.8 cm³/mol. The van der Waals surface area contributed by atoms with Crippen LogP contribution in [0.15, 0.2) is 30.3 Å². The lowest BCUT2D eigenvalue weighted by atomic mass is 10.2. The van der Waals surface area contributed by atoms with Gasteiger partial charge in [-0.05, 0) is 5.56 Å². The van der Waals surface area contributed by atoms with Crippen molar-refractivity contribution in [2.75, 3.05) is 13.9 Å². The Hall–Kier alpha value is -0.860. The van der Waals surface area contributed by atoms with Crippen LogP contribution in [-0.2, 0) is 9.47 Å². The fourth-order valence-corrected chi connectivity index (χ4v) is 0.730. The van der Waals surface area contributed by atoms with Gasteiger partial charge in [0.2, 0.25) is 0 Å². The number of benzene rings is 1. The average molecular weight is 151 g/mol. The van der Waals surface area contributed by atoms with Gasteiger partial charge in [0.05, 0.1) is 0 Å². The first-order chi connectivity index (χ1) is 5.43. The summed E-state index contributed by atoms with van der Waals surface area (Å²) in [4.78, 5) is 0. The molecule has 0 saturated carbocycles. The fraction of sp³-hybridized carbons (Fsp3) is 0.222. The minimum absolute atomic E-state index is 0.300. The van der Waals surface area contributed by atoms with Crippen molar-refractivity contribution in [3.05, 3.63) is 42.5 Å². The Kier molecular flexibility index (Phi) is 3.65. The van der Waals surface area contributed by atoms with Gasteiger partial charge in [-0.1, -0.05) is 30.3 Å². The quantitative estimate of drug-likeness (QED) is 0.482. The highest BCUT2D eigenvalue weighted by Gasteiger charge is 1.89. The normalized spacial score (nSPS) is 9.91. The topological polar surface area (TPSA) is 18.5 Å². The Morgan fingerprint density at radius 3 is 2.64 bits per heavy atom. The lowest BCUT2D eigenvalue weighted by Crippen LogP contribution is -1.93. The van der Waals surface area contributed by atoms with Crippen molar-refractivity contribution in [2.45, 2.75) is 0 Å². The first-order valence-corrected chi connectivity index (χ1v) is 3.42. The van der Waals surface area contributed by atoms with Gasteiger partial charge in [0.25, 0.3) is 0 Å². The number of hydrogen-bond donors (Lipinski definition) is 0. The van der Waals surface area contributed by atoms with Crippen LogP contribution in [0, 0.1) is 6.61 Å². The van der Waals surface area contributed by atoms with E-state index in [1.807, 2.05) is 30.3 Å². The number of rotatable bonds is 4. The van der Waals surface area contributed by atoms with Crippen LogP contribution in [0.5, 0.6) is 0 Å². The van der Waals surface area contributed by atoms with Gasteiger partial charge in [-0.2, -0.15) is 0 Å². The highest BCUT2D eigenvalue weighted by atomic mass is 16.7. The van der Waals surface area contributed by atoms with E-state index in [0.717, 1.165) is 5.56 Å². The molecule has 0 heterocycles. The summed E-state index contributed by atoms with van der Waals surface area (Å²) in [5.74, 6) is 0. The summed E-state index contributed by atoms with van der Waals surface area (Å²) in [7, 11) is 1.60. The zero-order valence-corrected chi connectivity index (χ0v) is 6.49. The van der Waals surface area contributed by atoms with Crippen LogP contribution in [0.1, 0.15) is 5.56 Å². The molecule has 11 heavy (non-hydrogen) atoms. The maximum atomic E-state index is 5.02. The van der Waals surface area contributed by atoms with Gasteiger partial charge < -0.3 is 9.47 Å². The van der Waals surface area contributed by atoms with Gasteiger partial charge in [0, 0.05) is 7.11 Å². The summed E-state index contributed by atoms with van der Waals surface area (Å²) in [6.45, 7) is 1.97. The second kappa shape index (κ2) is 4.88. The summed E-state index contributed by atoms with van der Waals surface area (Å²) >= 11 is 0. The second-order valence-corrected chi connectivity index (χ2v) is 2.10. The predicted octanol–water partition coefficient (Wildman–Crippen LogP) is 1.82. The van der Waals surface area contributed by atoms with E-state index >= 15 is 0 Å². The molecule has 0 saturated heterocycles. The van der Waals surface area contributed by atoms with E-state index in [2.05, 4.69) is 0 Å². The monoisotopic (exact) mass is 151 g/mol. The van der Waals surface area contributed by atoms with Crippen molar-refractivity contribution in [1.82, 2.24) is 0 Å². The maximum absolute atomic E-state index is 5.02. The minimum atomic E-state index is 0.300. The molecule has 0 aliphatic carbocycles. The molecule has 2 nitrogen and oxygen atoms in total. The molecule has 0 atom stereocenters. The smallest absolute Gasteiger partial charge is 0.147 e. The number of ether oxygens (including phenoxy) is 2. The summed E-state index contributed by atoms with van der Waals surface area (Å²) < 4.78 is 9.73. The van der Waals surface area contributed by atoms with Gasteiger partial charge in [0.1, 0.15) is 13.4 Å². The molecule has 0 amide bonds. The maximum Gasteiger partial charge on any atom is 0.147 e. The van der Waals surface area contributed by atoms with Crippen molar-refractivity contribution in [3.8, 4) is 0 Å². The molecule has 0 bridgehead atoms. The van der Waals surface area contributed by atoms with E-state index < -0.39 is 0 Å². The van der Waals surface area contributed by atoms with Crippen molar-refractivity contribution in [2.24, 2.45) is 0 Å². The molecule has 1 radical (unpaired) electrons. The molecule has 2 heteroatoms. The molecule has 0 spiro atoms. The lowest BCUT2D eigenvalue weighted by molar-refractivity contribution is 0.00461. The largest absolute Gasteiger partial charge is 0.359 e. The average Bonchev–Trinajstić information content (AvgIpc) is 2.07. The van der Waals surface area contributed by atoms with Crippen LogP contribution >= 0.6 is 0 Å². The molecule has 0 aromatic heterocycles. The highest BCUT2D eigenvalue weighted by molar-refractivity contribution is 5.19. The summed E-state index contributed by atoms with van der Waals surface area (Å²) in [6.07, 6.45) is 0. The van der Waals surface area contributed by atoms with E-state index in [-0.39, 0.29) is 0 Å². The molecule has 0 N–H and O–H groups in total. The van der Waals surface area contributed by atoms with E-state index in [0.29, 0.717) is 6.79 Å². The summed E-state index contributed by atoms with van der Waals surface area (Å²) in [5, 5.41) is 0. The first-order valence-electron chi connectivity index (χ1n) is 3.42. The molecule has 1 aromatic rings. The third-order valence-corrected chi connectivity index (χ3v) is 1.20. The zero-order valence-electron chi connectivity index (χ0n) is 6.49. The fourth-order valence-electron chi connectivity index (χ4n) is 0.730. The lowest BCUT2D eigenvalue weighted by Gasteiger charge is -2.00. The zero-order chi connectivity index (χ0) is 7.94. The summed E-state index contributed by atoms with van der Waals surface area (Å²) in [5.41, 5.74) is 1.05. The molecule has 1 aromatic carbocycles. The van der Waals surface area contributed by atoms with Crippen molar-refractivity contribution in [3.63, 3.8) is 0 Å². The Labute approximate surface area is 66.8 Å². The third kappa shape index (κ3) is 3.16. The van der Waals surface area contributed by atoms with Gasteiger partial charge in [-0.15, -0.1) is 0 Å². The minimum Gasteiger partial charge on any atom is -0.359 e. The van der Waals surface area contributed by atoms with E-state index in [1.54, 1.807) is 13.7 Å². The standard InChI is InChI=1S/C9H11O2/c1-10-8-11-7-9-5-3-2-4-6-9/h2-7H,8H2,1H3. The molecule has 59 valence electrons. The van der Waals surface area contributed by atoms with Crippen LogP contribution in [0.25, 0.3) is 0 Å². The molecule has 0 aliphatic rings. The van der Waals surface area contributed by atoms with Crippen LogP contribution in [-0.4, -0.2) is 13.9 Å². The Morgan fingerprint density at radius 2 is 2.00 bits per heavy atom. The SMILES string of the molecule is COCO[CH]c1ccccc1. The second-order valence-electron chi connectivity index (χ2n) is 2.10. The Balaban J connectivity index is 2.28. The Bertz CT molecular complexity index is 184. The first kappa shape index (κ1) is 8.24. The van der Waals surface area contributed by atoms with Crippen molar-refractivity contribution >= 4 is 0 Å². The van der Waals surface area contributed by atoms with Gasteiger partial charge in [-0.25, -0.2) is 0 Å². The molecule has 0 aliphatic heterocycles. The van der Waals surface area contributed by atoms with Crippen LogP contribution in [0.2, 0.25) is 0 Å². The Morgan fingerprint density at radius 1 is 1.27 bits per heavy atom. The van der Waals surface area contributed by atoms with Crippen LogP contribution in [0.3, 0.4) is 0 Å². The molecule has 0 fully saturated rings. The molecule has 1 rings (SSSR count). The number of methoxy groups -OCH3 is 1. The molecular formula is C9H11O2. The van der Waals surface area contributed by atoms with Gasteiger partial charge in [-0.3, -0.25) is 0 Å². The third-order valence-electron chi connectivity index (χ3n) is 1.20. The number of hydrogen-bond acceptors (Lipinski definition) is 2. The van der Waals surface area contributed by atoms with E-state index in [1.165, 1.54) is 0 Å². The van der Waals surface area contributed by atoms with Crippen molar-refractivity contribution < 1.29 is 9.47 Å². The van der Waals surface area contributed by atoms with Crippen molar-refractivity contribution in [1.29, 1.82) is 0 Å². The van der Waals surface area contributed by atoms with E-state index in [4.69, 9.17) is 9.47 Å². The van der Waals surface area contributed by atoms with Crippen LogP contribution < -0.4 is 0 Å².